The first-order valence-corrected chi connectivity index (χ1v) is 11.3. The first-order chi connectivity index (χ1) is 14.6. The minimum absolute atomic E-state index is 0.107. The molecule has 1 aromatic rings. The third-order valence-electron chi connectivity index (χ3n) is 6.59. The topological polar surface area (TPSA) is 78.9 Å². The number of hydrogen-bond donors (Lipinski definition) is 0. The SMILES string of the molecule is CN(CCN(C1CCOCC1)C1CCCN(C(=O)C2CC2)C1)C(=O)c1cnccn1. The van der Waals surface area contributed by atoms with Crippen molar-refractivity contribution in [1.29, 1.82) is 0 Å². The minimum Gasteiger partial charge on any atom is -0.381 e. The molecule has 0 N–H and O–H groups in total. The summed E-state index contributed by atoms with van der Waals surface area (Å²) in [5, 5.41) is 0. The molecule has 1 aromatic heterocycles. The van der Waals surface area contributed by atoms with E-state index >= 15 is 0 Å². The van der Waals surface area contributed by atoms with Gasteiger partial charge in [0.1, 0.15) is 5.69 Å². The summed E-state index contributed by atoms with van der Waals surface area (Å²) in [6, 6.07) is 0.796. The van der Waals surface area contributed by atoms with Gasteiger partial charge in [-0.1, -0.05) is 0 Å². The van der Waals surface area contributed by atoms with Gasteiger partial charge in [0, 0.05) is 76.8 Å². The van der Waals surface area contributed by atoms with Crippen LogP contribution in [0.2, 0.25) is 0 Å². The van der Waals surface area contributed by atoms with Crippen molar-refractivity contribution in [2.24, 2.45) is 5.92 Å². The van der Waals surface area contributed by atoms with Crippen molar-refractivity contribution in [3.63, 3.8) is 0 Å². The maximum Gasteiger partial charge on any atom is 0.273 e. The summed E-state index contributed by atoms with van der Waals surface area (Å²) in [4.78, 5) is 39.8. The van der Waals surface area contributed by atoms with E-state index in [1.54, 1.807) is 17.3 Å². The Kier molecular flexibility index (Phi) is 6.94. The second kappa shape index (κ2) is 9.83. The average Bonchev–Trinajstić information content (AvgIpc) is 3.65. The molecular weight excluding hydrogens is 382 g/mol. The quantitative estimate of drug-likeness (QED) is 0.670. The molecule has 0 bridgehead atoms. The van der Waals surface area contributed by atoms with Crippen molar-refractivity contribution >= 4 is 11.8 Å². The van der Waals surface area contributed by atoms with Gasteiger partial charge in [0.05, 0.1) is 6.20 Å². The highest BCUT2D eigenvalue weighted by Crippen LogP contribution is 2.33. The molecule has 2 saturated heterocycles. The van der Waals surface area contributed by atoms with Crippen LogP contribution in [-0.4, -0.2) is 95.0 Å². The van der Waals surface area contributed by atoms with E-state index in [0.717, 1.165) is 71.4 Å². The van der Waals surface area contributed by atoms with Gasteiger partial charge in [-0.15, -0.1) is 0 Å². The standard InChI is InChI=1S/C22H33N5O3/c1-25(22(29)20-15-23-8-9-24-20)11-12-27(18-6-13-30-14-7-18)19-3-2-10-26(16-19)21(28)17-4-5-17/h8-9,15,17-19H,2-7,10-14,16H2,1H3. The van der Waals surface area contributed by atoms with Crippen molar-refractivity contribution in [3.8, 4) is 0 Å². The summed E-state index contributed by atoms with van der Waals surface area (Å²) in [5.74, 6) is 0.516. The minimum atomic E-state index is -0.107. The number of carbonyl (C=O) groups excluding carboxylic acids is 2. The van der Waals surface area contributed by atoms with Gasteiger partial charge in [-0.05, 0) is 38.5 Å². The molecule has 2 aliphatic heterocycles. The zero-order valence-corrected chi connectivity index (χ0v) is 17.9. The van der Waals surface area contributed by atoms with E-state index in [4.69, 9.17) is 4.74 Å². The molecule has 0 radical (unpaired) electrons. The molecule has 1 aliphatic carbocycles. The molecule has 3 heterocycles. The molecule has 3 fully saturated rings. The second-order valence-electron chi connectivity index (χ2n) is 8.75. The van der Waals surface area contributed by atoms with Gasteiger partial charge in [0.25, 0.3) is 5.91 Å². The largest absolute Gasteiger partial charge is 0.381 e. The van der Waals surface area contributed by atoms with Crippen LogP contribution in [0.1, 0.15) is 49.0 Å². The fourth-order valence-corrected chi connectivity index (χ4v) is 4.67. The Morgan fingerprint density at radius 1 is 1.10 bits per heavy atom. The number of nitrogens with zero attached hydrogens (tertiary/aromatic N) is 5. The third kappa shape index (κ3) is 5.16. The molecular formula is C22H33N5O3. The van der Waals surface area contributed by atoms with Gasteiger partial charge in [-0.3, -0.25) is 19.5 Å². The summed E-state index contributed by atoms with van der Waals surface area (Å²) in [6.07, 6.45) is 10.9. The molecule has 0 spiro atoms. The Balaban J connectivity index is 1.40. The zero-order valence-electron chi connectivity index (χ0n) is 17.9. The Hall–Kier alpha value is -2.06. The van der Waals surface area contributed by atoms with Crippen molar-refractivity contribution < 1.29 is 14.3 Å². The first kappa shape index (κ1) is 21.2. The van der Waals surface area contributed by atoms with E-state index in [1.165, 1.54) is 6.20 Å². The summed E-state index contributed by atoms with van der Waals surface area (Å²) in [7, 11) is 1.82. The molecule has 0 aromatic carbocycles. The van der Waals surface area contributed by atoms with Crippen LogP contribution in [0.5, 0.6) is 0 Å². The van der Waals surface area contributed by atoms with Gasteiger partial charge in [0.2, 0.25) is 5.91 Å². The number of ether oxygens (including phenoxy) is 1. The molecule has 1 saturated carbocycles. The van der Waals surface area contributed by atoms with Gasteiger partial charge in [-0.2, -0.15) is 0 Å². The van der Waals surface area contributed by atoms with Gasteiger partial charge in [0.15, 0.2) is 0 Å². The Bertz CT molecular complexity index is 721. The van der Waals surface area contributed by atoms with Crippen LogP contribution < -0.4 is 0 Å². The lowest BCUT2D eigenvalue weighted by atomic mass is 9.98. The highest BCUT2D eigenvalue weighted by Gasteiger charge is 2.38. The summed E-state index contributed by atoms with van der Waals surface area (Å²) < 4.78 is 5.59. The Morgan fingerprint density at radius 3 is 2.60 bits per heavy atom. The lowest BCUT2D eigenvalue weighted by molar-refractivity contribution is -0.135. The Labute approximate surface area is 178 Å². The van der Waals surface area contributed by atoms with Crippen LogP contribution in [-0.2, 0) is 9.53 Å². The normalized spacial score (nSPS) is 22.9. The number of hydrogen-bond acceptors (Lipinski definition) is 6. The third-order valence-corrected chi connectivity index (χ3v) is 6.59. The number of carbonyl (C=O) groups is 2. The predicted octanol–water partition coefficient (Wildman–Crippen LogP) is 1.43. The molecule has 3 aliphatic rings. The number of amides is 2. The molecule has 1 atom stereocenters. The first-order valence-electron chi connectivity index (χ1n) is 11.3. The maximum absolute atomic E-state index is 12.7. The Morgan fingerprint density at radius 2 is 1.90 bits per heavy atom. The van der Waals surface area contributed by atoms with Crippen molar-refractivity contribution in [1.82, 2.24) is 24.7 Å². The van der Waals surface area contributed by atoms with E-state index < -0.39 is 0 Å². The highest BCUT2D eigenvalue weighted by atomic mass is 16.5. The van der Waals surface area contributed by atoms with E-state index in [9.17, 15) is 9.59 Å². The van der Waals surface area contributed by atoms with Gasteiger partial charge >= 0.3 is 0 Å². The fourth-order valence-electron chi connectivity index (χ4n) is 4.67. The van der Waals surface area contributed by atoms with Crippen LogP contribution in [0.15, 0.2) is 18.6 Å². The lowest BCUT2D eigenvalue weighted by Gasteiger charge is -2.44. The van der Waals surface area contributed by atoms with Gasteiger partial charge in [-0.25, -0.2) is 4.98 Å². The smallest absolute Gasteiger partial charge is 0.273 e. The second-order valence-corrected chi connectivity index (χ2v) is 8.75. The summed E-state index contributed by atoms with van der Waals surface area (Å²) >= 11 is 0. The van der Waals surface area contributed by atoms with E-state index in [2.05, 4.69) is 19.8 Å². The van der Waals surface area contributed by atoms with Crippen molar-refractivity contribution in [2.45, 2.75) is 50.6 Å². The van der Waals surface area contributed by atoms with Crippen molar-refractivity contribution in [3.05, 3.63) is 24.3 Å². The monoisotopic (exact) mass is 415 g/mol. The maximum atomic E-state index is 12.7. The van der Waals surface area contributed by atoms with Gasteiger partial charge < -0.3 is 14.5 Å². The number of aromatic nitrogens is 2. The van der Waals surface area contributed by atoms with Crippen LogP contribution >= 0.6 is 0 Å². The van der Waals surface area contributed by atoms with E-state index in [-0.39, 0.29) is 11.8 Å². The molecule has 4 rings (SSSR count). The number of likely N-dealkylation sites (N-methyl/N-ethyl adjacent to an activating group) is 1. The van der Waals surface area contributed by atoms with Crippen LogP contribution in [0.25, 0.3) is 0 Å². The molecule has 8 heteroatoms. The van der Waals surface area contributed by atoms with E-state index in [1.807, 2.05) is 7.05 Å². The predicted molar refractivity (Wildman–Crippen MR) is 112 cm³/mol. The fraction of sp³-hybridized carbons (Fsp3) is 0.727. The average molecular weight is 416 g/mol. The van der Waals surface area contributed by atoms with E-state index in [0.29, 0.717) is 30.2 Å². The zero-order chi connectivity index (χ0) is 20.9. The number of piperidine rings is 1. The molecule has 164 valence electrons. The molecule has 1 unspecified atom stereocenters. The molecule has 2 amide bonds. The van der Waals surface area contributed by atoms with Crippen molar-refractivity contribution in [2.75, 3.05) is 46.4 Å². The number of rotatable bonds is 7. The van der Waals surface area contributed by atoms with Crippen LogP contribution in [0, 0.1) is 5.92 Å². The van der Waals surface area contributed by atoms with Crippen LogP contribution in [0.3, 0.4) is 0 Å². The summed E-state index contributed by atoms with van der Waals surface area (Å²) in [6.45, 7) is 4.69. The molecule has 30 heavy (non-hydrogen) atoms. The summed E-state index contributed by atoms with van der Waals surface area (Å²) in [5.41, 5.74) is 0.372. The molecule has 8 nitrogen and oxygen atoms in total. The lowest BCUT2D eigenvalue weighted by Crippen LogP contribution is -2.55. The highest BCUT2D eigenvalue weighted by molar-refractivity contribution is 5.91. The van der Waals surface area contributed by atoms with Crippen LogP contribution in [0.4, 0.5) is 0 Å². The number of likely N-dealkylation sites (tertiary alicyclic amines) is 1.